The first kappa shape index (κ1) is 23.4. The molecule has 0 bridgehead atoms. The van der Waals surface area contributed by atoms with Crippen molar-refractivity contribution in [3.05, 3.63) is 81.8 Å². The summed E-state index contributed by atoms with van der Waals surface area (Å²) in [5.74, 6) is 0.522. The Kier molecular flexibility index (Phi) is 6.93. The van der Waals surface area contributed by atoms with Crippen LogP contribution in [0.1, 0.15) is 22.3 Å². The lowest BCUT2D eigenvalue weighted by Crippen LogP contribution is -2.21. The van der Waals surface area contributed by atoms with Crippen LogP contribution in [0.15, 0.2) is 64.4 Å². The Bertz CT molecular complexity index is 1280. The number of ether oxygens (including phenoxy) is 2. The molecule has 3 aromatic rings. The molecule has 174 valence electrons. The molecule has 0 radical (unpaired) electrons. The Morgan fingerprint density at radius 1 is 1.03 bits per heavy atom. The Morgan fingerprint density at radius 3 is 2.50 bits per heavy atom. The summed E-state index contributed by atoms with van der Waals surface area (Å²) in [5, 5.41) is 5.84. The Hall–Kier alpha value is -3.71. The molecule has 2 amide bonds. The highest BCUT2D eigenvalue weighted by Crippen LogP contribution is 2.39. The highest BCUT2D eigenvalue weighted by molar-refractivity contribution is 8.04. The zero-order valence-electron chi connectivity index (χ0n) is 19.5. The summed E-state index contributed by atoms with van der Waals surface area (Å²) in [6.07, 6.45) is 1.80. The van der Waals surface area contributed by atoms with Crippen molar-refractivity contribution in [1.29, 1.82) is 0 Å². The first-order valence-corrected chi connectivity index (χ1v) is 11.6. The lowest BCUT2D eigenvalue weighted by molar-refractivity contribution is -0.118. The molecule has 0 spiro atoms. The summed E-state index contributed by atoms with van der Waals surface area (Å²) in [6, 6.07) is 17.1. The van der Waals surface area contributed by atoms with Gasteiger partial charge in [-0.1, -0.05) is 47.7 Å². The zero-order chi connectivity index (χ0) is 24.2. The summed E-state index contributed by atoms with van der Waals surface area (Å²) in [4.78, 5) is 26.6. The number of anilines is 2. The van der Waals surface area contributed by atoms with E-state index in [0.717, 1.165) is 38.5 Å². The van der Waals surface area contributed by atoms with Crippen molar-refractivity contribution in [2.75, 3.05) is 24.4 Å². The highest BCUT2D eigenvalue weighted by Gasteiger charge is 2.20. The number of hydrogen-bond acceptors (Lipinski definition) is 5. The van der Waals surface area contributed by atoms with Crippen molar-refractivity contribution < 1.29 is 19.1 Å². The predicted octanol–water partition coefficient (Wildman–Crippen LogP) is 5.72. The quantitative estimate of drug-likeness (QED) is 0.447. The highest BCUT2D eigenvalue weighted by atomic mass is 32.2. The number of hydrogen-bond donors (Lipinski definition) is 2. The van der Waals surface area contributed by atoms with E-state index in [-0.39, 0.29) is 18.4 Å². The maximum Gasteiger partial charge on any atom is 0.262 e. The van der Waals surface area contributed by atoms with Crippen molar-refractivity contribution >= 4 is 41.0 Å². The van der Waals surface area contributed by atoms with E-state index < -0.39 is 0 Å². The summed E-state index contributed by atoms with van der Waals surface area (Å²) >= 11 is 1.42. The van der Waals surface area contributed by atoms with Crippen LogP contribution in [0.25, 0.3) is 6.08 Å². The van der Waals surface area contributed by atoms with Crippen molar-refractivity contribution in [3.63, 3.8) is 0 Å². The molecule has 7 heteroatoms. The van der Waals surface area contributed by atoms with Gasteiger partial charge in [0.25, 0.3) is 11.8 Å². The minimum absolute atomic E-state index is 0.152. The van der Waals surface area contributed by atoms with Gasteiger partial charge in [-0.2, -0.15) is 0 Å². The lowest BCUT2D eigenvalue weighted by atomic mass is 10.1. The van der Waals surface area contributed by atoms with Crippen LogP contribution in [0, 0.1) is 20.8 Å². The molecule has 3 aromatic carbocycles. The smallest absolute Gasteiger partial charge is 0.262 e. The maximum atomic E-state index is 12.5. The average molecular weight is 475 g/mol. The van der Waals surface area contributed by atoms with E-state index in [9.17, 15) is 9.59 Å². The second-order valence-corrected chi connectivity index (χ2v) is 9.17. The third-order valence-corrected chi connectivity index (χ3v) is 6.46. The van der Waals surface area contributed by atoms with Gasteiger partial charge in [-0.25, -0.2) is 0 Å². The topological polar surface area (TPSA) is 76.7 Å². The number of para-hydroxylation sites is 1. The van der Waals surface area contributed by atoms with Crippen LogP contribution in [-0.2, 0) is 9.59 Å². The van der Waals surface area contributed by atoms with Crippen LogP contribution in [-0.4, -0.2) is 25.5 Å². The molecule has 1 heterocycles. The number of nitrogens with one attached hydrogen (secondary N) is 2. The number of carbonyl (C=O) groups excluding carboxylic acids is 2. The van der Waals surface area contributed by atoms with E-state index in [1.54, 1.807) is 18.2 Å². The number of methoxy groups -OCH3 is 1. The number of benzene rings is 3. The van der Waals surface area contributed by atoms with Gasteiger partial charge in [-0.15, -0.1) is 0 Å². The van der Waals surface area contributed by atoms with Gasteiger partial charge >= 0.3 is 0 Å². The molecule has 0 aliphatic carbocycles. The molecular formula is C27H26N2O4S. The maximum absolute atomic E-state index is 12.5. The van der Waals surface area contributed by atoms with Crippen molar-refractivity contribution in [3.8, 4) is 11.5 Å². The standard InChI is InChI=1S/C27H26N2O4S/c1-16-11-17(2)26(18(3)12-16)29-25(30)15-33-21-10-9-19(13-22(21)32-4)14-24-27(31)28-20-7-5-6-8-23(20)34-24/h5-14H,15H2,1-4H3,(H,28,31)(H,29,30). The van der Waals surface area contributed by atoms with Crippen LogP contribution in [0.3, 0.4) is 0 Å². The minimum Gasteiger partial charge on any atom is -0.493 e. The van der Waals surface area contributed by atoms with Gasteiger partial charge in [0.05, 0.1) is 17.7 Å². The van der Waals surface area contributed by atoms with Crippen LogP contribution < -0.4 is 20.1 Å². The molecule has 2 N–H and O–H groups in total. The van der Waals surface area contributed by atoms with Crippen molar-refractivity contribution in [1.82, 2.24) is 0 Å². The fraction of sp³-hybridized carbons (Fsp3) is 0.185. The molecule has 4 rings (SSSR count). The molecule has 0 unspecified atom stereocenters. The van der Waals surface area contributed by atoms with Gasteiger partial charge in [0.15, 0.2) is 18.1 Å². The number of thioether (sulfide) groups is 1. The minimum atomic E-state index is -0.253. The Morgan fingerprint density at radius 2 is 1.76 bits per heavy atom. The van der Waals surface area contributed by atoms with Crippen LogP contribution in [0.4, 0.5) is 11.4 Å². The van der Waals surface area contributed by atoms with E-state index in [4.69, 9.17) is 9.47 Å². The molecule has 34 heavy (non-hydrogen) atoms. The van der Waals surface area contributed by atoms with E-state index in [0.29, 0.717) is 16.4 Å². The summed E-state index contributed by atoms with van der Waals surface area (Å²) in [6.45, 7) is 5.81. The molecule has 1 aliphatic heterocycles. The summed E-state index contributed by atoms with van der Waals surface area (Å²) in [5.41, 5.74) is 5.57. The summed E-state index contributed by atoms with van der Waals surface area (Å²) < 4.78 is 11.2. The molecule has 0 atom stereocenters. The molecule has 0 saturated carbocycles. The van der Waals surface area contributed by atoms with E-state index in [2.05, 4.69) is 10.6 Å². The summed E-state index contributed by atoms with van der Waals surface area (Å²) in [7, 11) is 1.54. The number of amides is 2. The second-order valence-electron chi connectivity index (χ2n) is 8.08. The fourth-order valence-corrected chi connectivity index (χ4v) is 4.79. The van der Waals surface area contributed by atoms with Crippen LogP contribution >= 0.6 is 11.8 Å². The Labute approximate surface area is 203 Å². The number of carbonyl (C=O) groups is 2. The number of aryl methyl sites for hydroxylation is 3. The van der Waals surface area contributed by atoms with Gasteiger partial charge in [0.2, 0.25) is 0 Å². The number of rotatable bonds is 6. The number of fused-ring (bicyclic) bond motifs is 1. The third-order valence-electron chi connectivity index (χ3n) is 5.36. The molecule has 0 saturated heterocycles. The SMILES string of the molecule is COc1cc(C=C2Sc3ccccc3NC2=O)ccc1OCC(=O)Nc1c(C)cc(C)cc1C. The lowest BCUT2D eigenvalue weighted by Gasteiger charge is -2.18. The van der Waals surface area contributed by atoms with Gasteiger partial charge in [-0.05, 0) is 67.8 Å². The van der Waals surface area contributed by atoms with Crippen LogP contribution in [0.2, 0.25) is 0 Å². The fourth-order valence-electron chi connectivity index (χ4n) is 3.84. The molecule has 0 aromatic heterocycles. The zero-order valence-corrected chi connectivity index (χ0v) is 20.3. The average Bonchev–Trinajstić information content (AvgIpc) is 2.81. The van der Waals surface area contributed by atoms with Gasteiger partial charge in [-0.3, -0.25) is 9.59 Å². The van der Waals surface area contributed by atoms with E-state index >= 15 is 0 Å². The van der Waals surface area contributed by atoms with Gasteiger partial charge in [0, 0.05) is 10.6 Å². The molecule has 0 fully saturated rings. The first-order chi connectivity index (χ1) is 16.3. The molecular weight excluding hydrogens is 448 g/mol. The van der Waals surface area contributed by atoms with Crippen molar-refractivity contribution in [2.24, 2.45) is 0 Å². The largest absolute Gasteiger partial charge is 0.493 e. The van der Waals surface area contributed by atoms with Gasteiger partial charge < -0.3 is 20.1 Å². The third kappa shape index (κ3) is 5.26. The van der Waals surface area contributed by atoms with E-state index in [1.807, 2.05) is 63.2 Å². The monoisotopic (exact) mass is 474 g/mol. The molecule has 6 nitrogen and oxygen atoms in total. The molecule has 1 aliphatic rings. The predicted molar refractivity (Wildman–Crippen MR) is 137 cm³/mol. The van der Waals surface area contributed by atoms with E-state index in [1.165, 1.54) is 18.9 Å². The normalized spacial score (nSPS) is 13.8. The van der Waals surface area contributed by atoms with Crippen molar-refractivity contribution in [2.45, 2.75) is 25.7 Å². The second kappa shape index (κ2) is 10.1. The van der Waals surface area contributed by atoms with Crippen LogP contribution in [0.5, 0.6) is 11.5 Å². The first-order valence-electron chi connectivity index (χ1n) is 10.8. The Balaban J connectivity index is 1.45. The van der Waals surface area contributed by atoms with Gasteiger partial charge in [0.1, 0.15) is 0 Å².